The first-order valence-corrected chi connectivity index (χ1v) is 11.6. The van der Waals surface area contributed by atoms with Gasteiger partial charge in [-0.2, -0.15) is 0 Å². The molecule has 0 radical (unpaired) electrons. The number of fused-ring (bicyclic) bond motifs is 1. The van der Waals surface area contributed by atoms with Crippen molar-refractivity contribution in [2.75, 3.05) is 22.8 Å². The van der Waals surface area contributed by atoms with E-state index in [0.29, 0.717) is 23.7 Å². The average Bonchev–Trinajstić information content (AvgIpc) is 3.02. The van der Waals surface area contributed by atoms with E-state index in [1.165, 1.54) is 0 Å². The number of anilines is 2. The van der Waals surface area contributed by atoms with Gasteiger partial charge in [-0.25, -0.2) is 8.42 Å². The molecule has 1 aromatic heterocycles. The maximum atomic E-state index is 12.9. The highest BCUT2D eigenvalue weighted by Gasteiger charge is 2.37. The molecule has 0 atom stereocenters. The van der Waals surface area contributed by atoms with Crippen molar-refractivity contribution < 1.29 is 17.9 Å². The van der Waals surface area contributed by atoms with Crippen molar-refractivity contribution in [3.63, 3.8) is 0 Å². The molecule has 0 saturated carbocycles. The van der Waals surface area contributed by atoms with Gasteiger partial charge in [-0.1, -0.05) is 6.92 Å². The summed E-state index contributed by atoms with van der Waals surface area (Å²) >= 11 is 4.41. The Morgan fingerprint density at radius 2 is 2.04 bits per heavy atom. The predicted octanol–water partition coefficient (Wildman–Crippen LogP) is 4.47. The summed E-state index contributed by atoms with van der Waals surface area (Å²) in [5, 5.41) is 0. The molecule has 6 nitrogen and oxygen atoms in total. The van der Waals surface area contributed by atoms with Crippen molar-refractivity contribution in [1.29, 1.82) is 0 Å². The molecule has 27 heavy (non-hydrogen) atoms. The van der Waals surface area contributed by atoms with Crippen LogP contribution in [0.5, 0.6) is 5.75 Å². The predicted molar refractivity (Wildman–Crippen MR) is 111 cm³/mol. The molecule has 3 rings (SSSR count). The smallest absolute Gasteiger partial charge is 0.271 e. The summed E-state index contributed by atoms with van der Waals surface area (Å²) in [5.41, 5.74) is 0.396. The third-order valence-electron chi connectivity index (χ3n) is 4.18. The van der Waals surface area contributed by atoms with Gasteiger partial charge in [0.25, 0.3) is 10.0 Å². The summed E-state index contributed by atoms with van der Waals surface area (Å²) in [4.78, 5) is 14.6. The van der Waals surface area contributed by atoms with Crippen molar-refractivity contribution in [1.82, 2.24) is 0 Å². The van der Waals surface area contributed by atoms with Gasteiger partial charge in [0, 0.05) is 12.6 Å². The molecule has 1 aliphatic rings. The third-order valence-corrected chi connectivity index (χ3v) is 7.67. The molecule has 9 heteroatoms. The van der Waals surface area contributed by atoms with Crippen LogP contribution < -0.4 is 14.4 Å². The normalized spacial score (nSPS) is 16.4. The zero-order valence-electron chi connectivity index (χ0n) is 15.3. The minimum atomic E-state index is -3.68. The Balaban J connectivity index is 1.95. The Labute approximate surface area is 171 Å². The number of carbonyl (C=O) groups is 1. The van der Waals surface area contributed by atoms with Crippen LogP contribution in [0.25, 0.3) is 0 Å². The van der Waals surface area contributed by atoms with Crippen LogP contribution in [0.1, 0.15) is 27.2 Å². The number of sulfonamides is 1. The van der Waals surface area contributed by atoms with Crippen LogP contribution in [0.3, 0.4) is 0 Å². The number of carbonyl (C=O) groups excluding carboxylic acids is 1. The van der Waals surface area contributed by atoms with E-state index < -0.39 is 15.4 Å². The topological polar surface area (TPSA) is 75.7 Å². The van der Waals surface area contributed by atoms with Crippen LogP contribution in [0.15, 0.2) is 38.3 Å². The quantitative estimate of drug-likeness (QED) is 0.695. The second-order valence-electron chi connectivity index (χ2n) is 6.98. The Kier molecular flexibility index (Phi) is 5.56. The fourth-order valence-corrected chi connectivity index (χ4v) is 5.86. The first kappa shape index (κ1) is 20.2. The first-order chi connectivity index (χ1) is 12.6. The lowest BCUT2D eigenvalue weighted by Gasteiger charge is -2.27. The Morgan fingerprint density at radius 1 is 1.30 bits per heavy atom. The highest BCUT2D eigenvalue weighted by atomic mass is 79.9. The maximum absolute atomic E-state index is 12.9. The average molecular weight is 473 g/mol. The molecular formula is C18H21BrN2O4S2. The second kappa shape index (κ2) is 7.44. The van der Waals surface area contributed by atoms with Crippen molar-refractivity contribution in [2.45, 2.75) is 31.4 Å². The fourth-order valence-electron chi connectivity index (χ4n) is 2.80. The minimum Gasteiger partial charge on any atom is -0.490 e. The lowest BCUT2D eigenvalue weighted by atomic mass is 9.93. The molecule has 0 unspecified atom stereocenters. The van der Waals surface area contributed by atoms with E-state index in [9.17, 15) is 13.2 Å². The van der Waals surface area contributed by atoms with E-state index in [4.69, 9.17) is 4.74 Å². The number of benzene rings is 1. The van der Waals surface area contributed by atoms with E-state index >= 15 is 0 Å². The summed E-state index contributed by atoms with van der Waals surface area (Å²) in [5.74, 6) is 0.495. The third kappa shape index (κ3) is 4.14. The van der Waals surface area contributed by atoms with Crippen LogP contribution >= 0.6 is 27.3 Å². The van der Waals surface area contributed by atoms with Crippen LogP contribution in [0.2, 0.25) is 0 Å². The number of hydrogen-bond donors (Lipinski definition) is 1. The van der Waals surface area contributed by atoms with E-state index in [2.05, 4.69) is 20.7 Å². The van der Waals surface area contributed by atoms with Crippen molar-refractivity contribution in [2.24, 2.45) is 5.41 Å². The monoisotopic (exact) mass is 472 g/mol. The molecule has 2 aromatic rings. The number of thiophene rings is 1. The van der Waals surface area contributed by atoms with Crippen LogP contribution in [-0.2, 0) is 14.8 Å². The van der Waals surface area contributed by atoms with Crippen molar-refractivity contribution in [3.8, 4) is 5.75 Å². The van der Waals surface area contributed by atoms with E-state index in [1.54, 1.807) is 35.2 Å². The summed E-state index contributed by atoms with van der Waals surface area (Å²) in [6.45, 7) is 6.51. The Bertz CT molecular complexity index is 969. The van der Waals surface area contributed by atoms with E-state index in [-0.39, 0.29) is 16.7 Å². The molecule has 0 fully saturated rings. The van der Waals surface area contributed by atoms with Crippen LogP contribution in [-0.4, -0.2) is 27.5 Å². The van der Waals surface area contributed by atoms with Gasteiger partial charge in [0.05, 0.1) is 20.6 Å². The van der Waals surface area contributed by atoms with Gasteiger partial charge in [-0.05, 0) is 60.5 Å². The summed E-state index contributed by atoms with van der Waals surface area (Å²) in [6, 6.07) is 8.24. The number of hydrogen-bond acceptors (Lipinski definition) is 5. The summed E-state index contributed by atoms with van der Waals surface area (Å²) in [6.07, 6.45) is 0.808. The molecule has 0 bridgehead atoms. The van der Waals surface area contributed by atoms with Gasteiger partial charge >= 0.3 is 0 Å². The standard InChI is InChI=1S/C18H21BrN2O4S2/c1-4-9-21-13-6-5-12(10-14(13)25-11-18(2,3)17(21)22)20-27(23,24)16-8-7-15(19)26-16/h5-8,10,20H,4,9,11H2,1-3H3. The Morgan fingerprint density at radius 3 is 2.67 bits per heavy atom. The lowest BCUT2D eigenvalue weighted by Crippen LogP contribution is -2.42. The molecule has 2 heterocycles. The number of halogens is 1. The van der Waals surface area contributed by atoms with Gasteiger partial charge in [0.15, 0.2) is 0 Å². The second-order valence-corrected chi connectivity index (χ2v) is 11.3. The maximum Gasteiger partial charge on any atom is 0.271 e. The molecule has 1 aliphatic heterocycles. The highest BCUT2D eigenvalue weighted by Crippen LogP contribution is 2.39. The number of nitrogens with one attached hydrogen (secondary N) is 1. The van der Waals surface area contributed by atoms with E-state index in [1.807, 2.05) is 20.8 Å². The summed E-state index contributed by atoms with van der Waals surface area (Å²) < 4.78 is 34.5. The first-order valence-electron chi connectivity index (χ1n) is 8.51. The number of nitrogens with zero attached hydrogens (tertiary/aromatic N) is 1. The molecule has 1 aromatic carbocycles. The molecular weight excluding hydrogens is 452 g/mol. The zero-order valence-corrected chi connectivity index (χ0v) is 18.5. The summed E-state index contributed by atoms with van der Waals surface area (Å²) in [7, 11) is -3.68. The van der Waals surface area contributed by atoms with Gasteiger partial charge < -0.3 is 9.64 Å². The number of amides is 1. The van der Waals surface area contributed by atoms with Gasteiger partial charge in [0.2, 0.25) is 5.91 Å². The highest BCUT2D eigenvalue weighted by molar-refractivity contribution is 9.11. The molecule has 1 N–H and O–H groups in total. The SMILES string of the molecule is CCCN1C(=O)C(C)(C)COc2cc(NS(=O)(=O)c3ccc(Br)s3)ccc21. The molecule has 0 spiro atoms. The number of rotatable bonds is 5. The molecule has 0 saturated heterocycles. The molecule has 1 amide bonds. The van der Waals surface area contributed by atoms with Crippen molar-refractivity contribution >= 4 is 54.6 Å². The van der Waals surface area contributed by atoms with Crippen molar-refractivity contribution in [3.05, 3.63) is 34.1 Å². The number of ether oxygens (including phenoxy) is 1. The fraction of sp³-hybridized carbons (Fsp3) is 0.389. The van der Waals surface area contributed by atoms with Gasteiger partial charge in [-0.3, -0.25) is 9.52 Å². The largest absolute Gasteiger partial charge is 0.490 e. The minimum absolute atomic E-state index is 0.000124. The lowest BCUT2D eigenvalue weighted by molar-refractivity contribution is -0.127. The molecule has 0 aliphatic carbocycles. The van der Waals surface area contributed by atoms with Crippen LogP contribution in [0, 0.1) is 5.41 Å². The van der Waals surface area contributed by atoms with Gasteiger partial charge in [-0.15, -0.1) is 11.3 Å². The Hall–Kier alpha value is -1.58. The van der Waals surface area contributed by atoms with Crippen LogP contribution in [0.4, 0.5) is 11.4 Å². The van der Waals surface area contributed by atoms with E-state index in [0.717, 1.165) is 21.5 Å². The van der Waals surface area contributed by atoms with Gasteiger partial charge in [0.1, 0.15) is 16.6 Å². The zero-order chi connectivity index (χ0) is 19.8. The molecule has 146 valence electrons.